The van der Waals surface area contributed by atoms with Crippen molar-refractivity contribution in [1.82, 2.24) is 0 Å². The van der Waals surface area contributed by atoms with Crippen LogP contribution in [0.25, 0.3) is 0 Å². The van der Waals surface area contributed by atoms with Gasteiger partial charge in [-0.2, -0.15) is 0 Å². The van der Waals surface area contributed by atoms with Gasteiger partial charge in [-0.25, -0.2) is 4.79 Å². The second kappa shape index (κ2) is 5.63. The van der Waals surface area contributed by atoms with Gasteiger partial charge in [0.15, 0.2) is 0 Å². The number of phenolic OH excluding ortho intramolecular Hbond substituents is 1. The number of ether oxygens (including phenoxy) is 1. The number of aromatic hydroxyl groups is 1. The molecule has 0 saturated carbocycles. The molecule has 2 aromatic carbocycles. The Balaban J connectivity index is 2.05. The summed E-state index contributed by atoms with van der Waals surface area (Å²) in [6, 6.07) is 11.1. The highest BCUT2D eigenvalue weighted by Crippen LogP contribution is 2.20. The summed E-state index contributed by atoms with van der Waals surface area (Å²) in [4.78, 5) is 11.8. The van der Waals surface area contributed by atoms with E-state index < -0.39 is 5.97 Å². The normalized spacial score (nSPS) is 10.2. The van der Waals surface area contributed by atoms with Gasteiger partial charge in [-0.3, -0.25) is 0 Å². The average molecular weight is 278 g/mol. The van der Waals surface area contributed by atoms with Crippen LogP contribution < -0.4 is 5.73 Å². The smallest absolute Gasteiger partial charge is 0.340 e. The summed E-state index contributed by atoms with van der Waals surface area (Å²) in [7, 11) is 0. The summed E-state index contributed by atoms with van der Waals surface area (Å²) in [5, 5.41) is 9.94. The van der Waals surface area contributed by atoms with E-state index in [1.165, 1.54) is 18.2 Å². The molecule has 0 fully saturated rings. The largest absolute Gasteiger partial charge is 0.508 e. The van der Waals surface area contributed by atoms with Crippen LogP contribution in [0.2, 0.25) is 5.02 Å². The Morgan fingerprint density at radius 1 is 1.21 bits per heavy atom. The minimum absolute atomic E-state index is 0.0346. The molecular weight excluding hydrogens is 266 g/mol. The van der Waals surface area contributed by atoms with Crippen molar-refractivity contribution in [2.75, 3.05) is 5.73 Å². The second-order valence-corrected chi connectivity index (χ2v) is 4.41. The molecule has 98 valence electrons. The Kier molecular flexibility index (Phi) is 3.92. The second-order valence-electron chi connectivity index (χ2n) is 3.97. The van der Waals surface area contributed by atoms with Crippen LogP contribution in [0.15, 0.2) is 42.5 Å². The van der Waals surface area contributed by atoms with Crippen LogP contribution in [0.1, 0.15) is 15.9 Å². The van der Waals surface area contributed by atoms with E-state index in [0.29, 0.717) is 5.02 Å². The molecule has 0 aliphatic heterocycles. The highest BCUT2D eigenvalue weighted by Gasteiger charge is 2.12. The van der Waals surface area contributed by atoms with Crippen LogP contribution in [0.3, 0.4) is 0 Å². The number of phenols is 1. The van der Waals surface area contributed by atoms with Gasteiger partial charge in [-0.05, 0) is 35.9 Å². The molecule has 2 rings (SSSR count). The number of anilines is 1. The maximum atomic E-state index is 11.8. The van der Waals surface area contributed by atoms with E-state index in [2.05, 4.69) is 0 Å². The van der Waals surface area contributed by atoms with E-state index in [1.54, 1.807) is 24.3 Å². The van der Waals surface area contributed by atoms with Gasteiger partial charge in [0.05, 0.1) is 5.56 Å². The lowest BCUT2D eigenvalue weighted by molar-refractivity contribution is 0.0473. The Hall–Kier alpha value is -2.20. The Labute approximate surface area is 115 Å². The van der Waals surface area contributed by atoms with Crippen LogP contribution in [-0.2, 0) is 11.3 Å². The van der Waals surface area contributed by atoms with Gasteiger partial charge in [0, 0.05) is 10.7 Å². The molecule has 0 heterocycles. The number of hydrogen-bond donors (Lipinski definition) is 2. The van der Waals surface area contributed by atoms with Crippen molar-refractivity contribution in [2.24, 2.45) is 0 Å². The number of halogens is 1. The first-order valence-corrected chi connectivity index (χ1v) is 5.94. The van der Waals surface area contributed by atoms with Gasteiger partial charge < -0.3 is 15.6 Å². The zero-order valence-corrected chi connectivity index (χ0v) is 10.7. The van der Waals surface area contributed by atoms with E-state index in [1.807, 2.05) is 0 Å². The van der Waals surface area contributed by atoms with Crippen LogP contribution in [0, 0.1) is 0 Å². The topological polar surface area (TPSA) is 72.5 Å². The molecule has 19 heavy (non-hydrogen) atoms. The van der Waals surface area contributed by atoms with Crippen LogP contribution in [0.4, 0.5) is 5.69 Å². The van der Waals surface area contributed by atoms with Crippen molar-refractivity contribution in [1.29, 1.82) is 0 Å². The third kappa shape index (κ3) is 3.39. The van der Waals surface area contributed by atoms with Crippen LogP contribution >= 0.6 is 11.6 Å². The maximum absolute atomic E-state index is 11.8. The monoisotopic (exact) mass is 277 g/mol. The minimum Gasteiger partial charge on any atom is -0.508 e. The predicted octanol–water partition coefficient (Wildman–Crippen LogP) is 2.98. The fourth-order valence-corrected chi connectivity index (χ4v) is 1.65. The van der Waals surface area contributed by atoms with Gasteiger partial charge in [0.1, 0.15) is 12.4 Å². The first-order valence-electron chi connectivity index (χ1n) is 5.56. The van der Waals surface area contributed by atoms with Crippen molar-refractivity contribution in [3.05, 3.63) is 58.6 Å². The number of carbonyl (C=O) groups is 1. The molecule has 2 aromatic rings. The highest BCUT2D eigenvalue weighted by atomic mass is 35.5. The van der Waals surface area contributed by atoms with Crippen LogP contribution in [0.5, 0.6) is 5.75 Å². The zero-order chi connectivity index (χ0) is 13.8. The number of hydrogen-bond acceptors (Lipinski definition) is 4. The fourth-order valence-electron chi connectivity index (χ4n) is 1.53. The van der Waals surface area contributed by atoms with E-state index in [4.69, 9.17) is 22.1 Å². The molecular formula is C14H12ClNO3. The third-order valence-electron chi connectivity index (χ3n) is 2.54. The first-order chi connectivity index (χ1) is 9.06. The highest BCUT2D eigenvalue weighted by molar-refractivity contribution is 6.30. The lowest BCUT2D eigenvalue weighted by Gasteiger charge is -2.07. The van der Waals surface area contributed by atoms with Gasteiger partial charge in [0.2, 0.25) is 0 Å². The van der Waals surface area contributed by atoms with E-state index in [9.17, 15) is 9.90 Å². The molecule has 3 N–H and O–H groups in total. The average Bonchev–Trinajstić information content (AvgIpc) is 2.40. The van der Waals surface area contributed by atoms with Gasteiger partial charge >= 0.3 is 5.97 Å². The number of benzene rings is 2. The number of esters is 1. The molecule has 0 aliphatic rings. The van der Waals surface area contributed by atoms with Crippen molar-refractivity contribution >= 4 is 23.3 Å². The molecule has 0 aliphatic carbocycles. The third-order valence-corrected chi connectivity index (χ3v) is 2.79. The Morgan fingerprint density at radius 3 is 2.58 bits per heavy atom. The molecule has 0 radical (unpaired) electrons. The summed E-state index contributed by atoms with van der Waals surface area (Å²) in [6.45, 7) is 0.116. The van der Waals surface area contributed by atoms with E-state index >= 15 is 0 Å². The summed E-state index contributed by atoms with van der Waals surface area (Å²) >= 11 is 5.76. The number of nitrogens with two attached hydrogens (primary N) is 1. The standard InChI is InChI=1S/C14H12ClNO3/c15-10-3-1-9(2-4-10)8-19-14(18)12-7-11(17)5-6-13(12)16/h1-7,17H,8,16H2. The number of carbonyl (C=O) groups excluding carboxylic acids is 1. The molecule has 0 unspecified atom stereocenters. The molecule has 0 saturated heterocycles. The molecule has 0 amide bonds. The Bertz CT molecular complexity index is 596. The first kappa shape index (κ1) is 13.2. The molecule has 0 bridgehead atoms. The van der Waals surface area contributed by atoms with Gasteiger partial charge in [0.25, 0.3) is 0 Å². The maximum Gasteiger partial charge on any atom is 0.340 e. The SMILES string of the molecule is Nc1ccc(O)cc1C(=O)OCc1ccc(Cl)cc1. The lowest BCUT2D eigenvalue weighted by atomic mass is 10.1. The van der Waals surface area contributed by atoms with Gasteiger partial charge in [-0.15, -0.1) is 0 Å². The molecule has 4 nitrogen and oxygen atoms in total. The van der Waals surface area contributed by atoms with Crippen molar-refractivity contribution in [3.8, 4) is 5.75 Å². The van der Waals surface area contributed by atoms with Gasteiger partial charge in [-0.1, -0.05) is 23.7 Å². The van der Waals surface area contributed by atoms with Crippen LogP contribution in [-0.4, -0.2) is 11.1 Å². The quantitative estimate of drug-likeness (QED) is 0.514. The molecule has 0 aromatic heterocycles. The summed E-state index contributed by atoms with van der Waals surface area (Å²) in [6.07, 6.45) is 0. The van der Waals surface area contributed by atoms with Crippen molar-refractivity contribution in [2.45, 2.75) is 6.61 Å². The lowest BCUT2D eigenvalue weighted by Crippen LogP contribution is -2.08. The zero-order valence-electron chi connectivity index (χ0n) is 9.97. The van der Waals surface area contributed by atoms with Crippen molar-refractivity contribution in [3.63, 3.8) is 0 Å². The summed E-state index contributed by atoms with van der Waals surface area (Å²) < 4.78 is 5.12. The number of rotatable bonds is 3. The Morgan fingerprint density at radius 2 is 1.89 bits per heavy atom. The molecule has 0 atom stereocenters. The number of nitrogen functional groups attached to an aromatic ring is 1. The minimum atomic E-state index is -0.580. The summed E-state index contributed by atoms with van der Waals surface area (Å²) in [5.74, 6) is -0.615. The van der Waals surface area contributed by atoms with Crippen molar-refractivity contribution < 1.29 is 14.6 Å². The van der Waals surface area contributed by atoms with E-state index in [0.717, 1.165) is 5.56 Å². The molecule has 0 spiro atoms. The fraction of sp³-hybridized carbons (Fsp3) is 0.0714. The summed E-state index contributed by atoms with van der Waals surface area (Å²) in [5.41, 5.74) is 6.88. The molecule has 5 heteroatoms. The van der Waals surface area contributed by atoms with E-state index in [-0.39, 0.29) is 23.6 Å². The predicted molar refractivity (Wildman–Crippen MR) is 73.1 cm³/mol.